The average molecular weight is 403 g/mol. The van der Waals surface area contributed by atoms with Crippen LogP contribution in [0.25, 0.3) is 0 Å². The summed E-state index contributed by atoms with van der Waals surface area (Å²) in [6.07, 6.45) is 0. The second-order valence-corrected chi connectivity index (χ2v) is 6.65. The molecule has 1 aromatic heterocycles. The lowest BCUT2D eigenvalue weighted by Gasteiger charge is -2.16. The Kier molecular flexibility index (Phi) is 6.15. The van der Waals surface area contributed by atoms with E-state index < -0.39 is 23.5 Å². The molecule has 0 bridgehead atoms. The third kappa shape index (κ3) is 4.28. The highest BCUT2D eigenvalue weighted by atomic mass is 35.5. The summed E-state index contributed by atoms with van der Waals surface area (Å²) in [4.78, 5) is 14.2. The number of ether oxygens (including phenoxy) is 1. The van der Waals surface area contributed by atoms with Crippen LogP contribution in [-0.2, 0) is 4.79 Å². The van der Waals surface area contributed by atoms with E-state index in [2.05, 4.69) is 10.3 Å². The van der Waals surface area contributed by atoms with Crippen molar-refractivity contribution in [2.45, 2.75) is 26.7 Å². The van der Waals surface area contributed by atoms with Gasteiger partial charge in [0.25, 0.3) is 0 Å². The number of aryl methyl sites for hydroxylation is 1. The Bertz CT molecular complexity index is 859. The standard InChI is InChI=1S/C17H17Cl2FN2O4/c1-7(2)10-5-9(4-8(3)14(10)25)26-15-12(18)16(20)22-17(13(15)19)21-6-11(23)24/h4-5,7,25H,6H2,1-3H3,(H,21,22)(H,23,24). The summed E-state index contributed by atoms with van der Waals surface area (Å²) in [6, 6.07) is 3.15. The fourth-order valence-electron chi connectivity index (χ4n) is 2.25. The van der Waals surface area contributed by atoms with E-state index in [1.807, 2.05) is 13.8 Å². The molecule has 0 atom stereocenters. The van der Waals surface area contributed by atoms with Crippen LogP contribution in [-0.4, -0.2) is 27.7 Å². The number of aromatic nitrogens is 1. The number of carboxylic acids is 1. The minimum Gasteiger partial charge on any atom is -0.507 e. The second kappa shape index (κ2) is 7.97. The van der Waals surface area contributed by atoms with Crippen molar-refractivity contribution in [2.75, 3.05) is 11.9 Å². The number of aliphatic carboxylic acids is 1. The van der Waals surface area contributed by atoms with Crippen LogP contribution >= 0.6 is 23.2 Å². The Morgan fingerprint density at radius 2 is 2.00 bits per heavy atom. The smallest absolute Gasteiger partial charge is 0.322 e. The molecule has 0 aliphatic rings. The van der Waals surface area contributed by atoms with Gasteiger partial charge in [0.15, 0.2) is 11.6 Å². The molecule has 0 spiro atoms. The first-order valence-corrected chi connectivity index (χ1v) is 8.38. The van der Waals surface area contributed by atoms with Gasteiger partial charge in [-0.15, -0.1) is 0 Å². The highest BCUT2D eigenvalue weighted by molar-refractivity contribution is 6.38. The van der Waals surface area contributed by atoms with Gasteiger partial charge < -0.3 is 20.3 Å². The van der Waals surface area contributed by atoms with Crippen molar-refractivity contribution in [3.63, 3.8) is 0 Å². The number of phenols is 1. The number of aromatic hydroxyl groups is 1. The van der Waals surface area contributed by atoms with Crippen LogP contribution in [0.1, 0.15) is 30.9 Å². The van der Waals surface area contributed by atoms with Crippen LogP contribution in [0.3, 0.4) is 0 Å². The summed E-state index contributed by atoms with van der Waals surface area (Å²) in [5, 5.41) is 20.7. The third-order valence-corrected chi connectivity index (χ3v) is 4.23. The average Bonchev–Trinajstić information content (AvgIpc) is 2.56. The van der Waals surface area contributed by atoms with E-state index in [4.69, 9.17) is 33.0 Å². The highest BCUT2D eigenvalue weighted by Gasteiger charge is 2.21. The van der Waals surface area contributed by atoms with Gasteiger partial charge in [-0.25, -0.2) is 0 Å². The van der Waals surface area contributed by atoms with Crippen LogP contribution in [0.5, 0.6) is 17.2 Å². The predicted octanol–water partition coefficient (Wildman–Crippen LogP) is 4.95. The molecule has 0 saturated heterocycles. The molecule has 0 amide bonds. The molecule has 1 heterocycles. The van der Waals surface area contributed by atoms with Crippen LogP contribution in [0.4, 0.5) is 10.2 Å². The fraction of sp³-hybridized carbons (Fsp3) is 0.294. The van der Waals surface area contributed by atoms with Crippen LogP contribution in [0, 0.1) is 12.9 Å². The zero-order chi connectivity index (χ0) is 19.6. The first-order chi connectivity index (χ1) is 12.1. The van der Waals surface area contributed by atoms with E-state index >= 15 is 0 Å². The molecule has 0 aliphatic carbocycles. The van der Waals surface area contributed by atoms with Gasteiger partial charge in [0, 0.05) is 5.56 Å². The molecule has 0 aliphatic heterocycles. The van der Waals surface area contributed by atoms with Crippen molar-refractivity contribution in [2.24, 2.45) is 0 Å². The van der Waals surface area contributed by atoms with Crippen molar-refractivity contribution in [1.29, 1.82) is 0 Å². The third-order valence-electron chi connectivity index (χ3n) is 3.55. The second-order valence-electron chi connectivity index (χ2n) is 5.89. The molecular weight excluding hydrogens is 386 g/mol. The maximum absolute atomic E-state index is 14.0. The van der Waals surface area contributed by atoms with Crippen LogP contribution in [0.15, 0.2) is 12.1 Å². The van der Waals surface area contributed by atoms with Crippen molar-refractivity contribution in [1.82, 2.24) is 4.98 Å². The number of carbonyl (C=O) groups is 1. The van der Waals surface area contributed by atoms with E-state index in [1.54, 1.807) is 19.1 Å². The number of anilines is 1. The van der Waals surface area contributed by atoms with Crippen LogP contribution in [0.2, 0.25) is 10.0 Å². The number of hydrogen-bond donors (Lipinski definition) is 3. The quantitative estimate of drug-likeness (QED) is 0.591. The Labute approximate surface area is 159 Å². The molecule has 0 fully saturated rings. The number of benzene rings is 1. The van der Waals surface area contributed by atoms with E-state index in [0.717, 1.165) is 0 Å². The van der Waals surface area contributed by atoms with Gasteiger partial charge in [-0.3, -0.25) is 4.79 Å². The zero-order valence-electron chi connectivity index (χ0n) is 14.2. The molecule has 9 heteroatoms. The molecule has 140 valence electrons. The number of phenolic OH excluding ortho intramolecular Hbond substituents is 1. The summed E-state index contributed by atoms with van der Waals surface area (Å²) < 4.78 is 19.6. The molecular formula is C17H17Cl2FN2O4. The number of nitrogens with one attached hydrogen (secondary N) is 1. The summed E-state index contributed by atoms with van der Waals surface area (Å²) >= 11 is 12.1. The summed E-state index contributed by atoms with van der Waals surface area (Å²) in [6.45, 7) is 4.99. The van der Waals surface area contributed by atoms with Gasteiger partial charge in [-0.05, 0) is 30.5 Å². The Balaban J connectivity index is 2.48. The van der Waals surface area contributed by atoms with Gasteiger partial charge in [0.2, 0.25) is 5.95 Å². The maximum atomic E-state index is 14.0. The van der Waals surface area contributed by atoms with Crippen LogP contribution < -0.4 is 10.1 Å². The van der Waals surface area contributed by atoms with Crippen molar-refractivity contribution in [3.8, 4) is 17.2 Å². The Morgan fingerprint density at radius 1 is 1.35 bits per heavy atom. The minimum absolute atomic E-state index is 0.0187. The zero-order valence-corrected chi connectivity index (χ0v) is 15.7. The first kappa shape index (κ1) is 20.1. The predicted molar refractivity (Wildman–Crippen MR) is 97.3 cm³/mol. The van der Waals surface area contributed by atoms with Gasteiger partial charge in [0.1, 0.15) is 28.1 Å². The maximum Gasteiger partial charge on any atom is 0.322 e. The van der Waals surface area contributed by atoms with E-state index in [-0.39, 0.29) is 28.3 Å². The molecule has 2 rings (SSSR count). The molecule has 26 heavy (non-hydrogen) atoms. The topological polar surface area (TPSA) is 91.7 Å². The fourth-order valence-corrected chi connectivity index (χ4v) is 2.72. The number of halogens is 3. The van der Waals surface area contributed by atoms with E-state index in [0.29, 0.717) is 16.9 Å². The lowest BCUT2D eigenvalue weighted by molar-refractivity contribution is -0.134. The largest absolute Gasteiger partial charge is 0.507 e. The lowest BCUT2D eigenvalue weighted by Crippen LogP contribution is -2.14. The number of rotatable bonds is 6. The summed E-state index contributed by atoms with van der Waals surface area (Å²) in [7, 11) is 0. The monoisotopic (exact) mass is 402 g/mol. The molecule has 0 radical (unpaired) electrons. The van der Waals surface area contributed by atoms with Crippen molar-refractivity contribution < 1.29 is 24.1 Å². The van der Waals surface area contributed by atoms with Gasteiger partial charge in [-0.2, -0.15) is 9.37 Å². The number of carboxylic acid groups (broad SMARTS) is 1. The number of hydrogen-bond acceptors (Lipinski definition) is 5. The molecule has 1 aromatic carbocycles. The molecule has 3 N–H and O–H groups in total. The first-order valence-electron chi connectivity index (χ1n) is 7.63. The van der Waals surface area contributed by atoms with Crippen molar-refractivity contribution >= 4 is 35.0 Å². The highest BCUT2D eigenvalue weighted by Crippen LogP contribution is 2.42. The number of pyridine rings is 1. The molecule has 2 aromatic rings. The van der Waals surface area contributed by atoms with Gasteiger partial charge in [-0.1, -0.05) is 37.0 Å². The molecule has 0 unspecified atom stereocenters. The Morgan fingerprint density at radius 3 is 2.58 bits per heavy atom. The SMILES string of the molecule is Cc1cc(Oc2c(Cl)c(F)nc(NCC(=O)O)c2Cl)cc(C(C)C)c1O. The molecule has 0 saturated carbocycles. The summed E-state index contributed by atoms with van der Waals surface area (Å²) in [5.41, 5.74) is 1.21. The van der Waals surface area contributed by atoms with Gasteiger partial charge in [0.05, 0.1) is 0 Å². The van der Waals surface area contributed by atoms with E-state index in [1.165, 1.54) is 0 Å². The Hall–Kier alpha value is -2.25. The van der Waals surface area contributed by atoms with Crippen molar-refractivity contribution in [3.05, 3.63) is 39.3 Å². The normalized spacial score (nSPS) is 10.9. The minimum atomic E-state index is -1.17. The summed E-state index contributed by atoms with van der Waals surface area (Å²) in [5.74, 6) is -2.17. The number of nitrogens with zero attached hydrogens (tertiary/aromatic N) is 1. The van der Waals surface area contributed by atoms with E-state index in [9.17, 15) is 14.3 Å². The molecule has 6 nitrogen and oxygen atoms in total. The lowest BCUT2D eigenvalue weighted by atomic mass is 9.99. The van der Waals surface area contributed by atoms with Gasteiger partial charge >= 0.3 is 5.97 Å².